The number of rotatable bonds is 0. The van der Waals surface area contributed by atoms with E-state index >= 15 is 0 Å². The molecule has 1 rings (SSSR count). The van der Waals surface area contributed by atoms with Gasteiger partial charge in [-0.1, -0.05) is 5.27 Å². The van der Waals surface area contributed by atoms with Crippen LogP contribution in [0.2, 0.25) is 0 Å². The molecule has 0 radical (unpaired) electrons. The molecule has 1 aromatic rings. The minimum atomic E-state index is -0.505. The summed E-state index contributed by atoms with van der Waals surface area (Å²) in [6.45, 7) is 0. The van der Waals surface area contributed by atoms with Crippen molar-refractivity contribution in [1.29, 1.82) is 0 Å². The van der Waals surface area contributed by atoms with Crippen molar-refractivity contribution in [2.45, 2.75) is 0 Å². The molecule has 4 nitrogen and oxygen atoms in total. The van der Waals surface area contributed by atoms with E-state index in [9.17, 15) is 5.11 Å². The Hall–Kier alpha value is -1.06. The lowest BCUT2D eigenvalue weighted by atomic mass is 10.9. The molecule has 0 aliphatic carbocycles. The smallest absolute Gasteiger partial charge is 0.0972 e. The van der Waals surface area contributed by atoms with Gasteiger partial charge in [0.15, 0.2) is 0 Å². The Bertz CT molecular complexity index is 113. The summed E-state index contributed by atoms with van der Waals surface area (Å²) in [6.07, 6.45) is 1.000. The fourth-order valence-corrected chi connectivity index (χ4v) is 0.158. The van der Waals surface area contributed by atoms with Gasteiger partial charge in [0.1, 0.15) is 0 Å². The predicted octanol–water partition coefficient (Wildman–Crippen LogP) is -0.857. The average Bonchev–Trinajstić information content (AvgIpc) is 1.86. The van der Waals surface area contributed by atoms with Gasteiger partial charge in [0.25, 0.3) is 0 Å². The van der Waals surface area contributed by atoms with Crippen molar-refractivity contribution >= 4 is 0 Å². The molecule has 0 amide bonds. The summed E-state index contributed by atoms with van der Waals surface area (Å²) in [7, 11) is 0. The van der Waals surface area contributed by atoms with Crippen LogP contribution < -0.4 is 5.11 Å². The highest BCUT2D eigenvalue weighted by Gasteiger charge is 1.69. The van der Waals surface area contributed by atoms with Crippen molar-refractivity contribution in [3.05, 3.63) is 6.20 Å². The second kappa shape index (κ2) is 0.965. The van der Waals surface area contributed by atoms with E-state index < -0.39 is 5.95 Å². The minimum absolute atomic E-state index is 0.505. The summed E-state index contributed by atoms with van der Waals surface area (Å²) in [5, 5.41) is 15.8. The largest absolute Gasteiger partial charge is 0.543 e. The molecule has 6 heavy (non-hydrogen) atoms. The van der Waals surface area contributed by atoms with Gasteiger partial charge in [-0.3, -0.25) is 0 Å². The Morgan fingerprint density at radius 3 is 2.83 bits per heavy atom. The van der Waals surface area contributed by atoms with Gasteiger partial charge >= 0.3 is 0 Å². The number of hydrogen-bond donors (Lipinski definition) is 0. The molecule has 4 heteroatoms. The van der Waals surface area contributed by atoms with Crippen LogP contribution in [0.25, 0.3) is 0 Å². The highest BCUT2D eigenvalue weighted by molar-refractivity contribution is 4.84. The van der Waals surface area contributed by atoms with Gasteiger partial charge in [0, 0.05) is 0 Å². The van der Waals surface area contributed by atoms with Crippen molar-refractivity contribution in [1.82, 2.24) is 10.4 Å². The molecule has 0 fully saturated rings. The Morgan fingerprint density at radius 1 is 1.83 bits per heavy atom. The molecular weight excluding hydrogens is 84.0 g/mol. The third-order valence-corrected chi connectivity index (χ3v) is 0.341. The van der Waals surface area contributed by atoms with Crippen LogP contribution in [0.1, 0.15) is 0 Å². The molecule has 32 valence electrons. The Labute approximate surface area is 33.4 Å². The first kappa shape index (κ1) is 3.14. The van der Waals surface area contributed by atoms with Crippen LogP contribution in [-0.2, 0) is 0 Å². The Balaban J connectivity index is 3.05. The minimum Gasteiger partial charge on any atom is -0.543 e. The summed E-state index contributed by atoms with van der Waals surface area (Å²) >= 11 is 0. The average molecular weight is 85.0 g/mol. The summed E-state index contributed by atoms with van der Waals surface area (Å²) in [6, 6.07) is 0. The molecule has 0 N–H and O–H groups in total. The van der Waals surface area contributed by atoms with E-state index in [2.05, 4.69) is 14.9 Å². The zero-order valence-corrected chi connectivity index (χ0v) is 2.79. The third-order valence-electron chi connectivity index (χ3n) is 0.341. The van der Waals surface area contributed by atoms with Crippen molar-refractivity contribution in [2.75, 3.05) is 0 Å². The van der Waals surface area contributed by atoms with Gasteiger partial charge in [-0.2, -0.15) is 0 Å². The lowest BCUT2D eigenvalue weighted by Crippen LogP contribution is -1.82. The van der Waals surface area contributed by atoms with Crippen LogP contribution in [0.3, 0.4) is 0 Å². The fourth-order valence-electron chi connectivity index (χ4n) is 0.158. The number of aromatic nitrogens is 2. The van der Waals surface area contributed by atoms with Gasteiger partial charge in [-0.05, 0) is 0 Å². The van der Waals surface area contributed by atoms with E-state index in [4.69, 9.17) is 0 Å². The van der Waals surface area contributed by atoms with Crippen LogP contribution in [0, 0.1) is 0 Å². The van der Waals surface area contributed by atoms with Crippen molar-refractivity contribution in [3.8, 4) is 5.95 Å². The molecule has 0 aliphatic rings. The molecule has 0 spiro atoms. The van der Waals surface area contributed by atoms with Crippen LogP contribution in [0.5, 0.6) is 5.95 Å². The van der Waals surface area contributed by atoms with E-state index in [1.165, 1.54) is 0 Å². The molecule has 0 aliphatic heterocycles. The van der Waals surface area contributed by atoms with Crippen LogP contribution in [0.4, 0.5) is 0 Å². The first-order valence-corrected chi connectivity index (χ1v) is 1.34. The molecule has 0 aromatic carbocycles. The van der Waals surface area contributed by atoms with E-state index in [0.717, 1.165) is 6.20 Å². The van der Waals surface area contributed by atoms with Gasteiger partial charge < -0.3 is 9.63 Å². The third kappa shape index (κ3) is 0.314. The lowest BCUT2D eigenvalue weighted by Gasteiger charge is -1.79. The molecule has 0 bridgehead atoms. The van der Waals surface area contributed by atoms with Crippen molar-refractivity contribution < 1.29 is 9.63 Å². The van der Waals surface area contributed by atoms with E-state index in [1.807, 2.05) is 0 Å². The van der Waals surface area contributed by atoms with Gasteiger partial charge in [0.05, 0.1) is 12.1 Å². The number of hydrogen-bond acceptors (Lipinski definition) is 4. The molecule has 0 saturated heterocycles. The summed E-state index contributed by atoms with van der Waals surface area (Å²) in [5.74, 6) is -0.505. The second-order valence-electron chi connectivity index (χ2n) is 0.737. The predicted molar refractivity (Wildman–Crippen MR) is 13.7 cm³/mol. The first-order chi connectivity index (χ1) is 2.89. The maximum atomic E-state index is 9.78. The Morgan fingerprint density at radius 2 is 2.67 bits per heavy atom. The summed E-state index contributed by atoms with van der Waals surface area (Å²) in [5.41, 5.74) is 0. The first-order valence-electron chi connectivity index (χ1n) is 1.34. The molecule has 1 aromatic heterocycles. The van der Waals surface area contributed by atoms with Gasteiger partial charge in [0.2, 0.25) is 0 Å². The standard InChI is InChI=1S/C2H2N2O2/c5-2-1-3-4-6-2/h1,5H/p-1. The van der Waals surface area contributed by atoms with E-state index in [-0.39, 0.29) is 0 Å². The summed E-state index contributed by atoms with van der Waals surface area (Å²) in [4.78, 5) is 0. The zero-order valence-electron chi connectivity index (χ0n) is 2.79. The zero-order chi connectivity index (χ0) is 4.41. The summed E-state index contributed by atoms with van der Waals surface area (Å²) < 4.78 is 3.92. The quantitative estimate of drug-likeness (QED) is 0.411. The van der Waals surface area contributed by atoms with Crippen LogP contribution in [-0.4, -0.2) is 10.4 Å². The highest BCUT2D eigenvalue weighted by Crippen LogP contribution is 1.91. The maximum Gasteiger partial charge on any atom is 0.0972 e. The second-order valence-corrected chi connectivity index (χ2v) is 0.737. The monoisotopic (exact) mass is 85.0 g/mol. The van der Waals surface area contributed by atoms with Crippen molar-refractivity contribution in [2.24, 2.45) is 0 Å². The lowest BCUT2D eigenvalue weighted by molar-refractivity contribution is -0.297. The Kier molecular flexibility index (Phi) is 0.506. The van der Waals surface area contributed by atoms with Gasteiger partial charge in [-0.15, -0.1) is 5.10 Å². The molecule has 0 saturated carbocycles. The molecule has 0 unspecified atom stereocenters. The SMILES string of the molecule is [O-]c1cnno1. The van der Waals surface area contributed by atoms with Crippen molar-refractivity contribution in [3.63, 3.8) is 0 Å². The fraction of sp³-hybridized carbons (Fsp3) is 0. The van der Waals surface area contributed by atoms with Gasteiger partial charge in [-0.25, -0.2) is 0 Å². The van der Waals surface area contributed by atoms with Crippen LogP contribution >= 0.6 is 0 Å². The molecule has 0 atom stereocenters. The topological polar surface area (TPSA) is 62.0 Å². The number of nitrogens with zero attached hydrogens (tertiary/aromatic N) is 2. The highest BCUT2D eigenvalue weighted by atomic mass is 16.6. The maximum absolute atomic E-state index is 9.78. The van der Waals surface area contributed by atoms with Crippen LogP contribution in [0.15, 0.2) is 10.7 Å². The molecular formula is C2HN2O2-. The van der Waals surface area contributed by atoms with E-state index in [0.29, 0.717) is 0 Å². The molecule has 1 heterocycles. The van der Waals surface area contributed by atoms with E-state index in [1.54, 1.807) is 0 Å². The normalized spacial score (nSPS) is 8.67.